The first-order chi connectivity index (χ1) is 8.77. The van der Waals surface area contributed by atoms with E-state index in [9.17, 15) is 4.79 Å². The molecule has 1 atom stereocenters. The Kier molecular flexibility index (Phi) is 2.02. The molecule has 0 saturated heterocycles. The number of Topliss-reactive ketones (excluding diaryl/α,β-unsaturated/α-hetero) is 1. The minimum Gasteiger partial charge on any atom is -0.294 e. The molecule has 0 radical (unpaired) electrons. The van der Waals surface area contributed by atoms with Crippen molar-refractivity contribution in [2.45, 2.75) is 6.40 Å². The lowest BCUT2D eigenvalue weighted by Crippen LogP contribution is -2.08. The molecule has 0 amide bonds. The zero-order valence-electron chi connectivity index (χ0n) is 10.1. The second-order valence-corrected chi connectivity index (χ2v) is 3.89. The van der Waals surface area contributed by atoms with Gasteiger partial charge in [-0.2, -0.15) is 0 Å². The van der Waals surface area contributed by atoms with Gasteiger partial charge in [0, 0.05) is 24.5 Å². The lowest BCUT2D eigenvalue weighted by Gasteiger charge is -2.08. The van der Waals surface area contributed by atoms with Crippen molar-refractivity contribution in [3.05, 3.63) is 70.8 Å². The Bertz CT molecular complexity index is 691. The lowest BCUT2D eigenvalue weighted by molar-refractivity contribution is 0.0992. The van der Waals surface area contributed by atoms with Crippen LogP contribution in [0.25, 0.3) is 0 Å². The van der Waals surface area contributed by atoms with Gasteiger partial charge in [0.05, 0.1) is 0 Å². The van der Waals surface area contributed by atoms with Crippen molar-refractivity contribution in [1.29, 1.82) is 0 Å². The molecule has 1 nitrogen and oxygen atoms in total. The van der Waals surface area contributed by atoms with Crippen molar-refractivity contribution in [3.8, 4) is 11.8 Å². The van der Waals surface area contributed by atoms with E-state index in [1.54, 1.807) is 18.2 Å². The van der Waals surface area contributed by atoms with Crippen molar-refractivity contribution in [1.82, 2.24) is 0 Å². The molecule has 0 saturated carbocycles. The predicted molar refractivity (Wildman–Crippen MR) is 66.9 cm³/mol. The third-order valence-corrected chi connectivity index (χ3v) is 2.77. The fraction of sp³-hybridized carbons (Fsp3) is 0.0625. The van der Waals surface area contributed by atoms with Gasteiger partial charge in [-0.1, -0.05) is 48.2 Å². The molecule has 0 spiro atoms. The molecule has 0 bridgehead atoms. The highest BCUT2D eigenvalue weighted by Gasteiger charge is 2.14. The zero-order chi connectivity index (χ0) is 12.5. The summed E-state index contributed by atoms with van der Waals surface area (Å²) in [5, 5.41) is 0. The standard InChI is InChI=1S/C16H10O/c17-16-11-14-7-2-1-5-12(14)9-10-13-6-3-4-8-15(13)16/h1-8H,11H2/i11D. The second kappa shape index (κ2) is 3.92. The van der Waals surface area contributed by atoms with Crippen LogP contribution in [0, 0.1) is 11.8 Å². The Labute approximate surface area is 102 Å². The Balaban J connectivity index is 2.30. The van der Waals surface area contributed by atoms with Crippen LogP contribution in [-0.4, -0.2) is 5.78 Å². The molecule has 1 aliphatic carbocycles. The first-order valence-electron chi connectivity index (χ1n) is 6.01. The highest BCUT2D eigenvalue weighted by atomic mass is 16.1. The quantitative estimate of drug-likeness (QED) is 0.623. The van der Waals surface area contributed by atoms with E-state index >= 15 is 0 Å². The number of ketones is 1. The molecule has 80 valence electrons. The van der Waals surface area contributed by atoms with Crippen molar-refractivity contribution in [3.63, 3.8) is 0 Å². The topological polar surface area (TPSA) is 17.1 Å². The maximum absolute atomic E-state index is 12.3. The summed E-state index contributed by atoms with van der Waals surface area (Å²) < 4.78 is 8.11. The van der Waals surface area contributed by atoms with E-state index in [0.29, 0.717) is 16.7 Å². The van der Waals surface area contributed by atoms with Gasteiger partial charge in [0.1, 0.15) is 0 Å². The van der Waals surface area contributed by atoms with Crippen LogP contribution in [0.5, 0.6) is 0 Å². The van der Waals surface area contributed by atoms with Crippen LogP contribution >= 0.6 is 0 Å². The summed E-state index contributed by atoms with van der Waals surface area (Å²) in [6.07, 6.45) is -0.892. The number of carbonyl (C=O) groups excluding carboxylic acids is 1. The van der Waals surface area contributed by atoms with Gasteiger partial charge in [-0.05, 0) is 17.7 Å². The van der Waals surface area contributed by atoms with Gasteiger partial charge in [-0.3, -0.25) is 4.79 Å². The highest BCUT2D eigenvalue weighted by Crippen LogP contribution is 2.17. The van der Waals surface area contributed by atoms with E-state index in [0.717, 1.165) is 5.56 Å². The van der Waals surface area contributed by atoms with Crippen LogP contribution in [0.15, 0.2) is 48.5 Å². The minimum atomic E-state index is -0.892. The van der Waals surface area contributed by atoms with Gasteiger partial charge in [-0.25, -0.2) is 0 Å². The molecule has 0 N–H and O–H groups in total. The Morgan fingerprint density at radius 3 is 2.47 bits per heavy atom. The van der Waals surface area contributed by atoms with Crippen LogP contribution < -0.4 is 0 Å². The summed E-state index contributed by atoms with van der Waals surface area (Å²) in [6, 6.07) is 14.6. The van der Waals surface area contributed by atoms with Crippen LogP contribution in [-0.2, 0) is 6.40 Å². The SMILES string of the molecule is [2H]C1C(=O)c2ccccc2C#Cc2ccccc21. The molecule has 3 rings (SSSR count). The average molecular weight is 219 g/mol. The summed E-state index contributed by atoms with van der Waals surface area (Å²) in [4.78, 5) is 12.3. The third kappa shape index (κ3) is 1.74. The van der Waals surface area contributed by atoms with Gasteiger partial charge in [-0.15, -0.1) is 0 Å². The van der Waals surface area contributed by atoms with Crippen LogP contribution in [0.1, 0.15) is 28.4 Å². The van der Waals surface area contributed by atoms with E-state index in [4.69, 9.17) is 1.37 Å². The van der Waals surface area contributed by atoms with Gasteiger partial charge in [0.15, 0.2) is 5.78 Å². The summed E-state index contributed by atoms with van der Waals surface area (Å²) in [7, 11) is 0. The summed E-state index contributed by atoms with van der Waals surface area (Å²) in [5.74, 6) is 5.88. The first-order valence-corrected chi connectivity index (χ1v) is 5.44. The second-order valence-electron chi connectivity index (χ2n) is 3.89. The molecule has 2 aromatic carbocycles. The van der Waals surface area contributed by atoms with Gasteiger partial charge >= 0.3 is 0 Å². The third-order valence-electron chi connectivity index (χ3n) is 2.77. The normalized spacial score (nSPS) is 17.8. The maximum atomic E-state index is 12.3. The van der Waals surface area contributed by atoms with Crippen molar-refractivity contribution in [2.75, 3.05) is 0 Å². The first kappa shape index (κ1) is 8.78. The van der Waals surface area contributed by atoms with Crippen molar-refractivity contribution in [2.24, 2.45) is 0 Å². The predicted octanol–water partition coefficient (Wildman–Crippen LogP) is 2.83. The molecular formula is C16H10O. The monoisotopic (exact) mass is 219 g/mol. The number of fused-ring (bicyclic) bond motifs is 2. The molecule has 0 aromatic heterocycles. The summed E-state index contributed by atoms with van der Waals surface area (Å²) in [5.41, 5.74) is 2.69. The van der Waals surface area contributed by atoms with E-state index in [1.165, 1.54) is 0 Å². The molecule has 17 heavy (non-hydrogen) atoms. The van der Waals surface area contributed by atoms with E-state index in [2.05, 4.69) is 11.8 Å². The number of hydrogen-bond acceptors (Lipinski definition) is 1. The smallest absolute Gasteiger partial charge is 0.168 e. The van der Waals surface area contributed by atoms with E-state index in [-0.39, 0.29) is 5.78 Å². The number of benzene rings is 2. The Morgan fingerprint density at radius 2 is 1.59 bits per heavy atom. The fourth-order valence-electron chi connectivity index (χ4n) is 1.90. The van der Waals surface area contributed by atoms with Gasteiger partial charge in [0.25, 0.3) is 0 Å². The largest absolute Gasteiger partial charge is 0.294 e. The van der Waals surface area contributed by atoms with Crippen molar-refractivity contribution < 1.29 is 6.17 Å². The molecule has 0 fully saturated rings. The highest BCUT2D eigenvalue weighted by molar-refractivity contribution is 6.00. The lowest BCUT2D eigenvalue weighted by atomic mass is 9.94. The zero-order valence-corrected chi connectivity index (χ0v) is 9.10. The van der Waals surface area contributed by atoms with Crippen molar-refractivity contribution >= 4 is 5.78 Å². The molecule has 0 aliphatic heterocycles. The van der Waals surface area contributed by atoms with E-state index < -0.39 is 6.40 Å². The number of carbonyl (C=O) groups is 1. The van der Waals surface area contributed by atoms with Crippen LogP contribution in [0.2, 0.25) is 0 Å². The Hall–Kier alpha value is -2.33. The van der Waals surface area contributed by atoms with E-state index in [1.807, 2.05) is 30.3 Å². The summed E-state index contributed by atoms with van der Waals surface area (Å²) in [6.45, 7) is 0. The van der Waals surface area contributed by atoms with Crippen LogP contribution in [0.4, 0.5) is 0 Å². The number of hydrogen-bond donors (Lipinski definition) is 0. The molecule has 1 heteroatoms. The number of rotatable bonds is 0. The fourth-order valence-corrected chi connectivity index (χ4v) is 1.90. The van der Waals surface area contributed by atoms with Crippen LogP contribution in [0.3, 0.4) is 0 Å². The van der Waals surface area contributed by atoms with Gasteiger partial charge in [0.2, 0.25) is 0 Å². The minimum absolute atomic E-state index is 0.188. The van der Waals surface area contributed by atoms with Gasteiger partial charge < -0.3 is 0 Å². The molecule has 1 aliphatic rings. The maximum Gasteiger partial charge on any atom is 0.168 e. The average Bonchev–Trinajstić information content (AvgIpc) is 2.43. The summed E-state index contributed by atoms with van der Waals surface area (Å²) >= 11 is 0. The molecule has 2 aromatic rings. The Morgan fingerprint density at radius 1 is 0.941 bits per heavy atom. The molecule has 0 heterocycles. The molecule has 1 unspecified atom stereocenters. The molecular weight excluding hydrogens is 208 g/mol.